The Morgan fingerprint density at radius 3 is 2.52 bits per heavy atom. The van der Waals surface area contributed by atoms with Gasteiger partial charge in [0.2, 0.25) is 0 Å². The molecule has 6 nitrogen and oxygen atoms in total. The van der Waals surface area contributed by atoms with Gasteiger partial charge in [-0.15, -0.1) is 11.3 Å². The van der Waals surface area contributed by atoms with E-state index in [1.165, 1.54) is 5.56 Å². The monoisotopic (exact) mass is 465 g/mol. The van der Waals surface area contributed by atoms with Crippen molar-refractivity contribution in [1.82, 2.24) is 14.8 Å². The van der Waals surface area contributed by atoms with Gasteiger partial charge < -0.3 is 14.4 Å². The number of methoxy groups -OCH3 is 1. The minimum atomic E-state index is 0.0390. The number of thiazole rings is 1. The zero-order chi connectivity index (χ0) is 23.2. The number of benzene rings is 2. The summed E-state index contributed by atoms with van der Waals surface area (Å²) in [6.07, 6.45) is 0. The molecule has 2 aromatic carbocycles. The summed E-state index contributed by atoms with van der Waals surface area (Å²) in [5.74, 6) is 2.09. The van der Waals surface area contributed by atoms with Crippen LogP contribution in [0, 0.1) is 0 Å². The summed E-state index contributed by atoms with van der Waals surface area (Å²) < 4.78 is 11.0. The van der Waals surface area contributed by atoms with Crippen molar-refractivity contribution in [1.29, 1.82) is 0 Å². The zero-order valence-corrected chi connectivity index (χ0v) is 20.3. The van der Waals surface area contributed by atoms with Crippen LogP contribution in [0.4, 0.5) is 0 Å². The van der Waals surface area contributed by atoms with Crippen molar-refractivity contribution < 1.29 is 14.3 Å². The highest BCUT2D eigenvalue weighted by Crippen LogP contribution is 2.26. The molecule has 0 bridgehead atoms. The third kappa shape index (κ3) is 6.12. The van der Waals surface area contributed by atoms with Crippen LogP contribution in [-0.4, -0.2) is 60.6 Å². The smallest absolute Gasteiger partial charge is 0.260 e. The van der Waals surface area contributed by atoms with Crippen molar-refractivity contribution in [2.75, 3.05) is 39.9 Å². The fourth-order valence-electron chi connectivity index (χ4n) is 3.83. The molecule has 1 amide bonds. The summed E-state index contributed by atoms with van der Waals surface area (Å²) in [7, 11) is 1.67. The van der Waals surface area contributed by atoms with Crippen LogP contribution in [0.1, 0.15) is 30.3 Å². The van der Waals surface area contributed by atoms with E-state index in [2.05, 4.69) is 36.3 Å². The van der Waals surface area contributed by atoms with Gasteiger partial charge >= 0.3 is 0 Å². The second-order valence-electron chi connectivity index (χ2n) is 8.53. The van der Waals surface area contributed by atoms with E-state index in [0.717, 1.165) is 47.4 Å². The van der Waals surface area contributed by atoms with Crippen molar-refractivity contribution in [2.24, 2.45) is 0 Å². The molecule has 1 aromatic heterocycles. The van der Waals surface area contributed by atoms with Crippen molar-refractivity contribution in [3.05, 3.63) is 64.5 Å². The first kappa shape index (κ1) is 23.3. The summed E-state index contributed by atoms with van der Waals surface area (Å²) in [4.78, 5) is 21.6. The van der Waals surface area contributed by atoms with Gasteiger partial charge in [-0.25, -0.2) is 4.98 Å². The molecule has 0 atom stereocenters. The predicted molar refractivity (Wildman–Crippen MR) is 132 cm³/mol. The van der Waals surface area contributed by atoms with Gasteiger partial charge in [0.25, 0.3) is 5.91 Å². The van der Waals surface area contributed by atoms with Crippen molar-refractivity contribution in [3.8, 4) is 22.8 Å². The molecule has 7 heteroatoms. The Balaban J connectivity index is 1.23. The lowest BCUT2D eigenvalue weighted by Crippen LogP contribution is -2.49. The van der Waals surface area contributed by atoms with E-state index in [4.69, 9.17) is 14.5 Å². The molecule has 0 unspecified atom stereocenters. The Kier molecular flexibility index (Phi) is 7.62. The van der Waals surface area contributed by atoms with E-state index in [1.54, 1.807) is 18.4 Å². The molecule has 0 aliphatic carbocycles. The number of carbonyl (C=O) groups excluding carboxylic acids is 1. The summed E-state index contributed by atoms with van der Waals surface area (Å²) in [5.41, 5.74) is 3.30. The van der Waals surface area contributed by atoms with Gasteiger partial charge in [0.1, 0.15) is 16.5 Å². The van der Waals surface area contributed by atoms with Gasteiger partial charge in [0.15, 0.2) is 6.61 Å². The molecule has 3 aromatic rings. The van der Waals surface area contributed by atoms with Crippen LogP contribution in [0.3, 0.4) is 0 Å². The van der Waals surface area contributed by atoms with E-state index in [-0.39, 0.29) is 12.5 Å². The van der Waals surface area contributed by atoms with Gasteiger partial charge in [-0.05, 0) is 35.7 Å². The summed E-state index contributed by atoms with van der Waals surface area (Å²) >= 11 is 1.67. The molecule has 33 heavy (non-hydrogen) atoms. The molecular formula is C26H31N3O3S. The Labute approximate surface area is 199 Å². The molecule has 1 fully saturated rings. The van der Waals surface area contributed by atoms with E-state index in [1.807, 2.05) is 41.3 Å². The van der Waals surface area contributed by atoms with Crippen LogP contribution >= 0.6 is 11.3 Å². The molecule has 1 aliphatic heterocycles. The number of ether oxygens (including phenoxy) is 2. The number of hydrogen-bond donors (Lipinski definition) is 0. The second kappa shape index (κ2) is 10.8. The maximum Gasteiger partial charge on any atom is 0.260 e. The maximum atomic E-state index is 12.6. The van der Waals surface area contributed by atoms with Crippen LogP contribution < -0.4 is 9.47 Å². The average Bonchev–Trinajstić information content (AvgIpc) is 3.32. The van der Waals surface area contributed by atoms with E-state index in [0.29, 0.717) is 19.0 Å². The lowest BCUT2D eigenvalue weighted by Gasteiger charge is -2.34. The Morgan fingerprint density at radius 1 is 1.06 bits per heavy atom. The van der Waals surface area contributed by atoms with Gasteiger partial charge in [0, 0.05) is 37.1 Å². The van der Waals surface area contributed by atoms with Gasteiger partial charge in [0.05, 0.1) is 19.3 Å². The molecule has 4 rings (SSSR count). The van der Waals surface area contributed by atoms with Crippen LogP contribution in [-0.2, 0) is 11.3 Å². The molecule has 174 valence electrons. The summed E-state index contributed by atoms with van der Waals surface area (Å²) in [6, 6.07) is 16.0. The number of hydrogen-bond acceptors (Lipinski definition) is 6. The van der Waals surface area contributed by atoms with E-state index >= 15 is 0 Å². The van der Waals surface area contributed by atoms with E-state index < -0.39 is 0 Å². The quantitative estimate of drug-likeness (QED) is 0.484. The van der Waals surface area contributed by atoms with Crippen LogP contribution in [0.15, 0.2) is 53.9 Å². The highest BCUT2D eigenvalue weighted by atomic mass is 32.1. The lowest BCUT2D eigenvalue weighted by atomic mass is 10.0. The largest absolute Gasteiger partial charge is 0.497 e. The normalized spacial score (nSPS) is 14.5. The third-order valence-electron chi connectivity index (χ3n) is 5.91. The Bertz CT molecular complexity index is 1060. The van der Waals surface area contributed by atoms with Crippen LogP contribution in [0.5, 0.6) is 11.5 Å². The first-order valence-corrected chi connectivity index (χ1v) is 12.2. The fraction of sp³-hybridized carbons (Fsp3) is 0.385. The molecule has 0 N–H and O–H groups in total. The topological polar surface area (TPSA) is 54.9 Å². The fourth-order valence-corrected chi connectivity index (χ4v) is 4.68. The minimum Gasteiger partial charge on any atom is -0.497 e. The zero-order valence-electron chi connectivity index (χ0n) is 19.5. The standard InChI is InChI=1S/C26H31N3O3S/c1-19(2)20-7-9-22(10-8-20)32-17-26(30)29-13-11-28(12-14-29)16-25-27-24(18-33-25)21-5-4-6-23(15-21)31-3/h4-10,15,18-19H,11-14,16-17H2,1-3H3. The SMILES string of the molecule is COc1cccc(-c2csc(CN3CCN(C(=O)COc4ccc(C(C)C)cc4)CC3)n2)c1. The molecule has 0 saturated carbocycles. The first-order valence-electron chi connectivity index (χ1n) is 11.3. The van der Waals surface area contributed by atoms with Gasteiger partial charge in [-0.1, -0.05) is 38.1 Å². The first-order chi connectivity index (χ1) is 16.0. The molecule has 1 aliphatic rings. The minimum absolute atomic E-state index is 0.0390. The molecule has 0 radical (unpaired) electrons. The molecule has 0 spiro atoms. The summed E-state index contributed by atoms with van der Waals surface area (Å²) in [6.45, 7) is 8.30. The lowest BCUT2D eigenvalue weighted by molar-refractivity contribution is -0.135. The number of rotatable bonds is 8. The van der Waals surface area contributed by atoms with Crippen molar-refractivity contribution in [3.63, 3.8) is 0 Å². The Morgan fingerprint density at radius 2 is 1.82 bits per heavy atom. The Hall–Kier alpha value is -2.90. The van der Waals surface area contributed by atoms with Gasteiger partial charge in [-0.2, -0.15) is 0 Å². The second-order valence-corrected chi connectivity index (χ2v) is 9.47. The number of carbonyl (C=O) groups is 1. The number of nitrogens with zero attached hydrogens (tertiary/aromatic N) is 3. The number of aromatic nitrogens is 1. The highest BCUT2D eigenvalue weighted by Gasteiger charge is 2.22. The highest BCUT2D eigenvalue weighted by molar-refractivity contribution is 7.09. The number of amides is 1. The number of piperazine rings is 1. The molecule has 2 heterocycles. The third-order valence-corrected chi connectivity index (χ3v) is 6.74. The average molecular weight is 466 g/mol. The molecular weight excluding hydrogens is 434 g/mol. The maximum absolute atomic E-state index is 12.6. The predicted octanol–water partition coefficient (Wildman–Crippen LogP) is 4.67. The van der Waals surface area contributed by atoms with Crippen molar-refractivity contribution >= 4 is 17.2 Å². The van der Waals surface area contributed by atoms with Crippen LogP contribution in [0.2, 0.25) is 0 Å². The summed E-state index contributed by atoms with van der Waals surface area (Å²) in [5, 5.41) is 3.18. The molecule has 1 saturated heterocycles. The van der Waals surface area contributed by atoms with Crippen molar-refractivity contribution in [2.45, 2.75) is 26.3 Å². The van der Waals surface area contributed by atoms with Crippen LogP contribution in [0.25, 0.3) is 11.3 Å². The van der Waals surface area contributed by atoms with E-state index in [9.17, 15) is 4.79 Å². The van der Waals surface area contributed by atoms with Gasteiger partial charge in [-0.3, -0.25) is 9.69 Å².